The van der Waals surface area contributed by atoms with Gasteiger partial charge in [-0.3, -0.25) is 14.6 Å². The second-order valence-electron chi connectivity index (χ2n) is 3.11. The highest BCUT2D eigenvalue weighted by Crippen LogP contribution is 1.83. The third-order valence-corrected chi connectivity index (χ3v) is 2.75. The first kappa shape index (κ1) is 13.4. The number of nitrogens with two attached hydrogens (primary N) is 1. The van der Waals surface area contributed by atoms with Crippen LogP contribution in [0.5, 0.6) is 0 Å². The molecule has 0 aromatic rings. The largest absolute Gasteiger partial charge is 0.353 e. The standard InChI is InChI=1S/C8H20N4OS/c1-4-14(13)6-5-10-8(12-9)11-7(2)3/h7H,4-6,9H2,1-3H3,(H2,10,11,12). The van der Waals surface area contributed by atoms with Crippen molar-refractivity contribution in [1.29, 1.82) is 0 Å². The Hall–Kier alpha value is -0.620. The number of aliphatic imine (C=N–C) groups is 1. The highest BCUT2D eigenvalue weighted by molar-refractivity contribution is 7.84. The van der Waals surface area contributed by atoms with Crippen molar-refractivity contribution in [2.45, 2.75) is 26.8 Å². The molecule has 1 atom stereocenters. The lowest BCUT2D eigenvalue weighted by atomic mass is 10.4. The van der Waals surface area contributed by atoms with Crippen molar-refractivity contribution in [3.63, 3.8) is 0 Å². The van der Waals surface area contributed by atoms with E-state index in [0.717, 1.165) is 0 Å². The van der Waals surface area contributed by atoms with Gasteiger partial charge in [0.15, 0.2) is 0 Å². The Morgan fingerprint density at radius 1 is 1.57 bits per heavy atom. The average Bonchev–Trinajstić information content (AvgIpc) is 2.15. The van der Waals surface area contributed by atoms with Gasteiger partial charge in [-0.25, -0.2) is 5.84 Å². The summed E-state index contributed by atoms with van der Waals surface area (Å²) in [6.45, 7) is 6.42. The molecule has 0 spiro atoms. The monoisotopic (exact) mass is 220 g/mol. The maximum absolute atomic E-state index is 11.1. The van der Waals surface area contributed by atoms with Gasteiger partial charge in [0.1, 0.15) is 0 Å². The van der Waals surface area contributed by atoms with Crippen molar-refractivity contribution >= 4 is 16.8 Å². The molecule has 0 rings (SSSR count). The summed E-state index contributed by atoms with van der Waals surface area (Å²) < 4.78 is 11.1. The minimum Gasteiger partial charge on any atom is -0.353 e. The van der Waals surface area contributed by atoms with E-state index < -0.39 is 10.8 Å². The molecule has 0 bridgehead atoms. The van der Waals surface area contributed by atoms with Crippen molar-refractivity contribution < 1.29 is 4.21 Å². The summed E-state index contributed by atoms with van der Waals surface area (Å²) in [5.41, 5.74) is 2.47. The molecule has 0 aromatic carbocycles. The highest BCUT2D eigenvalue weighted by atomic mass is 32.2. The molecule has 6 heteroatoms. The summed E-state index contributed by atoms with van der Waals surface area (Å²) in [5.74, 6) is 7.06. The van der Waals surface area contributed by atoms with Gasteiger partial charge in [-0.1, -0.05) is 6.92 Å². The molecule has 0 aliphatic rings. The summed E-state index contributed by atoms with van der Waals surface area (Å²) in [4.78, 5) is 4.15. The molecule has 84 valence electrons. The number of hydrogen-bond acceptors (Lipinski definition) is 3. The summed E-state index contributed by atoms with van der Waals surface area (Å²) in [7, 11) is -0.762. The first-order valence-electron chi connectivity index (χ1n) is 4.72. The van der Waals surface area contributed by atoms with Crippen LogP contribution in [0.25, 0.3) is 0 Å². The molecular weight excluding hydrogens is 200 g/mol. The molecule has 1 unspecified atom stereocenters. The number of guanidine groups is 1. The smallest absolute Gasteiger partial charge is 0.205 e. The van der Waals surface area contributed by atoms with Crippen LogP contribution in [-0.4, -0.2) is 34.3 Å². The molecule has 0 aliphatic carbocycles. The van der Waals surface area contributed by atoms with Gasteiger partial charge in [-0.05, 0) is 13.8 Å². The molecular formula is C8H20N4OS. The van der Waals surface area contributed by atoms with Crippen molar-refractivity contribution in [3.05, 3.63) is 0 Å². The van der Waals surface area contributed by atoms with Crippen LogP contribution in [0.4, 0.5) is 0 Å². The van der Waals surface area contributed by atoms with Crippen LogP contribution in [0.3, 0.4) is 0 Å². The first-order valence-corrected chi connectivity index (χ1v) is 6.21. The molecule has 0 saturated heterocycles. The summed E-state index contributed by atoms with van der Waals surface area (Å²) in [5, 5.41) is 3.04. The summed E-state index contributed by atoms with van der Waals surface area (Å²) in [6, 6.07) is 0.279. The van der Waals surface area contributed by atoms with E-state index in [1.54, 1.807) is 0 Å². The van der Waals surface area contributed by atoms with Gasteiger partial charge in [0.25, 0.3) is 0 Å². The fourth-order valence-corrected chi connectivity index (χ4v) is 1.39. The Labute approximate surface area is 88.0 Å². The van der Waals surface area contributed by atoms with Crippen LogP contribution in [0, 0.1) is 0 Å². The van der Waals surface area contributed by atoms with Gasteiger partial charge in [0.05, 0.1) is 6.54 Å². The zero-order valence-electron chi connectivity index (χ0n) is 9.04. The Morgan fingerprint density at radius 2 is 2.21 bits per heavy atom. The Morgan fingerprint density at radius 3 is 2.64 bits per heavy atom. The van der Waals surface area contributed by atoms with E-state index in [9.17, 15) is 4.21 Å². The number of rotatable bonds is 5. The van der Waals surface area contributed by atoms with Crippen molar-refractivity contribution in [2.75, 3.05) is 18.1 Å². The van der Waals surface area contributed by atoms with E-state index in [-0.39, 0.29) is 6.04 Å². The van der Waals surface area contributed by atoms with Crippen molar-refractivity contribution in [3.8, 4) is 0 Å². The van der Waals surface area contributed by atoms with Gasteiger partial charge < -0.3 is 5.32 Å². The predicted molar refractivity (Wildman–Crippen MR) is 61.4 cm³/mol. The van der Waals surface area contributed by atoms with Crippen LogP contribution in [0.1, 0.15) is 20.8 Å². The quantitative estimate of drug-likeness (QED) is 0.254. The molecule has 0 aromatic heterocycles. The average molecular weight is 220 g/mol. The molecule has 0 heterocycles. The van der Waals surface area contributed by atoms with Gasteiger partial charge in [-0.15, -0.1) is 0 Å². The normalized spacial score (nSPS) is 14.2. The Balaban J connectivity index is 3.86. The summed E-state index contributed by atoms with van der Waals surface area (Å²) >= 11 is 0. The predicted octanol–water partition coefficient (Wildman–Crippen LogP) is -0.428. The van der Waals surface area contributed by atoms with Gasteiger partial charge in [0, 0.05) is 28.3 Å². The topological polar surface area (TPSA) is 79.5 Å². The second-order valence-corrected chi connectivity index (χ2v) is 4.97. The molecule has 0 saturated carbocycles. The van der Waals surface area contributed by atoms with E-state index in [2.05, 4.69) is 15.7 Å². The third kappa shape index (κ3) is 6.85. The van der Waals surface area contributed by atoms with E-state index in [0.29, 0.717) is 24.0 Å². The first-order chi connectivity index (χ1) is 6.60. The SMILES string of the molecule is CCS(=O)CCN=C(NN)NC(C)C. The van der Waals surface area contributed by atoms with E-state index >= 15 is 0 Å². The zero-order valence-corrected chi connectivity index (χ0v) is 9.86. The molecule has 14 heavy (non-hydrogen) atoms. The Bertz CT molecular complexity index is 206. The minimum atomic E-state index is -0.762. The number of hydrazine groups is 1. The van der Waals surface area contributed by atoms with Gasteiger partial charge in [0.2, 0.25) is 5.96 Å². The van der Waals surface area contributed by atoms with Crippen LogP contribution in [0.2, 0.25) is 0 Å². The second kappa shape index (κ2) is 7.75. The minimum absolute atomic E-state index is 0.279. The summed E-state index contributed by atoms with van der Waals surface area (Å²) in [6.07, 6.45) is 0. The third-order valence-electron chi connectivity index (χ3n) is 1.47. The lowest BCUT2D eigenvalue weighted by molar-refractivity contribution is 0.682. The lowest BCUT2D eigenvalue weighted by Crippen LogP contribution is -2.44. The van der Waals surface area contributed by atoms with Crippen molar-refractivity contribution in [1.82, 2.24) is 10.7 Å². The Kier molecular flexibility index (Phi) is 7.41. The van der Waals surface area contributed by atoms with E-state index in [1.807, 2.05) is 20.8 Å². The van der Waals surface area contributed by atoms with Crippen molar-refractivity contribution in [2.24, 2.45) is 10.8 Å². The van der Waals surface area contributed by atoms with Crippen LogP contribution in [-0.2, 0) is 10.8 Å². The zero-order chi connectivity index (χ0) is 11.0. The molecule has 5 nitrogen and oxygen atoms in total. The molecule has 4 N–H and O–H groups in total. The van der Waals surface area contributed by atoms with Gasteiger partial charge in [-0.2, -0.15) is 0 Å². The van der Waals surface area contributed by atoms with E-state index in [4.69, 9.17) is 5.84 Å². The van der Waals surface area contributed by atoms with Crippen LogP contribution >= 0.6 is 0 Å². The number of nitrogens with one attached hydrogen (secondary N) is 2. The van der Waals surface area contributed by atoms with Gasteiger partial charge >= 0.3 is 0 Å². The van der Waals surface area contributed by atoms with Crippen LogP contribution in [0.15, 0.2) is 4.99 Å². The molecule has 0 radical (unpaired) electrons. The lowest BCUT2D eigenvalue weighted by Gasteiger charge is -2.11. The molecule has 0 amide bonds. The number of hydrogen-bond donors (Lipinski definition) is 3. The maximum atomic E-state index is 11.1. The molecule has 0 aliphatic heterocycles. The van der Waals surface area contributed by atoms with E-state index in [1.165, 1.54) is 0 Å². The van der Waals surface area contributed by atoms with Crippen LogP contribution < -0.4 is 16.6 Å². The molecule has 0 fully saturated rings. The highest BCUT2D eigenvalue weighted by Gasteiger charge is 1.99. The fourth-order valence-electron chi connectivity index (χ4n) is 0.810. The number of nitrogens with zero attached hydrogens (tertiary/aromatic N) is 1. The maximum Gasteiger partial charge on any atom is 0.205 e. The fraction of sp³-hybridized carbons (Fsp3) is 0.875.